The van der Waals surface area contributed by atoms with Gasteiger partial charge in [-0.1, -0.05) is 40.2 Å². The first-order valence-corrected chi connectivity index (χ1v) is 10.4. The maximum Gasteiger partial charge on any atom is 0.217 e. The monoisotopic (exact) mass is 394 g/mol. The van der Waals surface area contributed by atoms with Crippen molar-refractivity contribution in [2.75, 3.05) is 13.1 Å². The molecule has 0 aromatic carbocycles. The molecule has 26 heavy (non-hydrogen) atoms. The minimum absolute atomic E-state index is 0. The van der Waals surface area contributed by atoms with Crippen LogP contribution in [0.2, 0.25) is 0 Å². The number of quaternary nitrogens is 2. The van der Waals surface area contributed by atoms with Crippen LogP contribution in [0.1, 0.15) is 53.9 Å². The van der Waals surface area contributed by atoms with Crippen molar-refractivity contribution in [2.45, 2.75) is 66.0 Å². The Morgan fingerprint density at radius 2 is 1.85 bits per heavy atom. The molecule has 0 aliphatic heterocycles. The molecule has 1 rings (SSSR count). The van der Waals surface area contributed by atoms with Crippen molar-refractivity contribution >= 4 is 13.5 Å². The van der Waals surface area contributed by atoms with Gasteiger partial charge in [-0.25, -0.2) is 0 Å². The second-order valence-corrected chi connectivity index (χ2v) is 8.27. The minimum Gasteiger partial charge on any atom is -0.808 e. The standard InChI is InChI=1S/C17H33N2O4P.2H3N/c1-6-12(4)17(18-13(5)20)15-10-9-14(24(21,22)23)11-16(15)19(7-2)8-3;;/h9,12,15-17H,6-8,10-11H2,1-5H3,(H,18,20)(H2,21,22,23);2*1H3/t12?,15-,16+,17+;;/m1../s1. The average molecular weight is 394 g/mol. The van der Waals surface area contributed by atoms with E-state index in [0.717, 1.165) is 19.5 Å². The summed E-state index contributed by atoms with van der Waals surface area (Å²) < 4.78 is 11.5. The van der Waals surface area contributed by atoms with E-state index in [-0.39, 0.29) is 53.9 Å². The molecule has 9 N–H and O–H groups in total. The van der Waals surface area contributed by atoms with Crippen LogP contribution in [0.5, 0.6) is 0 Å². The topological polar surface area (TPSA) is 169 Å². The van der Waals surface area contributed by atoms with E-state index >= 15 is 0 Å². The lowest BCUT2D eigenvalue weighted by molar-refractivity contribution is -0.310. The van der Waals surface area contributed by atoms with Crippen molar-refractivity contribution < 1.29 is 19.1 Å². The number of nitrogens with zero attached hydrogens (tertiary/aromatic N) is 1. The lowest BCUT2D eigenvalue weighted by atomic mass is 9.76. The van der Waals surface area contributed by atoms with Crippen molar-refractivity contribution in [3.05, 3.63) is 11.4 Å². The Labute approximate surface area is 158 Å². The van der Waals surface area contributed by atoms with Crippen LogP contribution in [0.3, 0.4) is 0 Å². The van der Waals surface area contributed by atoms with Crippen LogP contribution in [-0.4, -0.2) is 36.0 Å². The molecule has 4 atom stereocenters. The molecule has 0 aromatic rings. The zero-order valence-electron chi connectivity index (χ0n) is 17.4. The first-order chi connectivity index (χ1) is 11.1. The Morgan fingerprint density at radius 3 is 2.23 bits per heavy atom. The third kappa shape index (κ3) is 7.10. The van der Waals surface area contributed by atoms with Crippen LogP contribution < -0.4 is 27.4 Å². The fourth-order valence-corrected chi connectivity index (χ4v) is 4.48. The van der Waals surface area contributed by atoms with E-state index in [1.165, 1.54) is 6.92 Å². The third-order valence-corrected chi connectivity index (χ3v) is 6.33. The average Bonchev–Trinajstić information content (AvgIpc) is 2.52. The van der Waals surface area contributed by atoms with Crippen molar-refractivity contribution in [2.24, 2.45) is 11.8 Å². The van der Waals surface area contributed by atoms with Crippen molar-refractivity contribution in [3.8, 4) is 0 Å². The molecule has 1 aliphatic rings. The summed E-state index contributed by atoms with van der Waals surface area (Å²) in [7, 11) is -4.71. The molecule has 0 saturated carbocycles. The fourth-order valence-electron chi connectivity index (χ4n) is 3.74. The van der Waals surface area contributed by atoms with E-state index in [2.05, 4.69) is 24.1 Å². The first kappa shape index (κ1) is 27.5. The summed E-state index contributed by atoms with van der Waals surface area (Å²) in [6.45, 7) is 11.3. The Kier molecular flexibility index (Phi) is 12.5. The molecule has 1 amide bonds. The largest absolute Gasteiger partial charge is 0.808 e. The summed E-state index contributed by atoms with van der Waals surface area (Å²) in [4.78, 5) is 36.9. The normalized spacial score (nSPS) is 22.5. The van der Waals surface area contributed by atoms with Gasteiger partial charge in [0.2, 0.25) is 5.91 Å². The predicted molar refractivity (Wildman–Crippen MR) is 104 cm³/mol. The van der Waals surface area contributed by atoms with Crippen LogP contribution in [0.15, 0.2) is 11.4 Å². The van der Waals surface area contributed by atoms with Gasteiger partial charge in [-0.15, -0.1) is 0 Å². The van der Waals surface area contributed by atoms with Gasteiger partial charge in [0.15, 0.2) is 0 Å². The van der Waals surface area contributed by atoms with Crippen molar-refractivity contribution in [3.63, 3.8) is 0 Å². The van der Waals surface area contributed by atoms with E-state index < -0.39 is 7.60 Å². The second-order valence-electron chi connectivity index (χ2n) is 6.70. The minimum atomic E-state index is -4.71. The van der Waals surface area contributed by atoms with Crippen molar-refractivity contribution in [1.82, 2.24) is 22.5 Å². The van der Waals surface area contributed by atoms with Crippen LogP contribution in [0.4, 0.5) is 0 Å². The van der Waals surface area contributed by atoms with Gasteiger partial charge < -0.3 is 36.9 Å². The van der Waals surface area contributed by atoms with E-state index in [9.17, 15) is 19.1 Å². The maximum atomic E-state index is 11.7. The molecular weight excluding hydrogens is 355 g/mol. The zero-order valence-corrected chi connectivity index (χ0v) is 18.3. The molecule has 8 nitrogen and oxygen atoms in total. The van der Waals surface area contributed by atoms with Crippen LogP contribution in [0.25, 0.3) is 0 Å². The Hall–Kier alpha value is -0.760. The fraction of sp³-hybridized carbons (Fsp3) is 0.824. The zero-order chi connectivity index (χ0) is 18.5. The highest BCUT2D eigenvalue weighted by atomic mass is 31.2. The number of hydrogen-bond acceptors (Lipinski definition) is 5. The maximum absolute atomic E-state index is 11.7. The highest BCUT2D eigenvalue weighted by molar-refractivity contribution is 7.53. The smallest absolute Gasteiger partial charge is 0.217 e. The molecule has 0 bridgehead atoms. The predicted octanol–water partition coefficient (Wildman–Crippen LogP) is 2.21. The van der Waals surface area contributed by atoms with Crippen LogP contribution in [-0.2, 0) is 9.36 Å². The molecule has 0 aromatic heterocycles. The quantitative estimate of drug-likeness (QED) is 0.535. The summed E-state index contributed by atoms with van der Waals surface area (Å²) >= 11 is 0. The summed E-state index contributed by atoms with van der Waals surface area (Å²) in [5.41, 5.74) is 0. The van der Waals surface area contributed by atoms with Gasteiger partial charge in [0.25, 0.3) is 0 Å². The van der Waals surface area contributed by atoms with Gasteiger partial charge in [0.05, 0.1) is 0 Å². The Bertz CT molecular complexity index is 505. The number of nitrogens with one attached hydrogen (secondary N) is 1. The van der Waals surface area contributed by atoms with Gasteiger partial charge >= 0.3 is 0 Å². The molecule has 1 aliphatic carbocycles. The number of allylic oxidation sites excluding steroid dienone is 1. The number of carbonyl (C=O) groups is 1. The van der Waals surface area contributed by atoms with Gasteiger partial charge in [-0.3, -0.25) is 4.79 Å². The molecule has 0 heterocycles. The van der Waals surface area contributed by atoms with Gasteiger partial charge in [0.1, 0.15) is 0 Å². The molecular formula is C17H39N4O4P. The van der Waals surface area contributed by atoms with E-state index in [4.69, 9.17) is 0 Å². The number of amides is 1. The summed E-state index contributed by atoms with van der Waals surface area (Å²) in [6, 6.07) is -0.0873. The number of carbonyl (C=O) groups excluding carboxylic acids is 1. The molecule has 1 unspecified atom stereocenters. The highest BCUT2D eigenvalue weighted by Crippen LogP contribution is 2.45. The first-order valence-electron chi connectivity index (χ1n) is 8.88. The molecule has 0 fully saturated rings. The lowest BCUT2D eigenvalue weighted by Crippen LogP contribution is -2.53. The van der Waals surface area contributed by atoms with E-state index in [0.29, 0.717) is 6.42 Å². The number of hydrogen-bond donors (Lipinski definition) is 3. The molecule has 0 spiro atoms. The SMILES string of the molecule is CCC(C)[C@H](NC(C)=O)[C@@H]1CC=C(P(=O)([O-])[O-])C[C@@H]1N(CC)CC.[NH4+].[NH4+]. The summed E-state index contributed by atoms with van der Waals surface area (Å²) in [6.07, 6.45) is 3.23. The highest BCUT2D eigenvalue weighted by Gasteiger charge is 2.37. The van der Waals surface area contributed by atoms with Gasteiger partial charge in [0, 0.05) is 19.0 Å². The van der Waals surface area contributed by atoms with Crippen molar-refractivity contribution in [1.29, 1.82) is 0 Å². The number of rotatable bonds is 8. The Balaban J connectivity index is 0. The Morgan fingerprint density at radius 1 is 1.31 bits per heavy atom. The molecule has 9 heteroatoms. The summed E-state index contributed by atoms with van der Waals surface area (Å²) in [5.74, 6) is 0.295. The molecule has 0 radical (unpaired) electrons. The summed E-state index contributed by atoms with van der Waals surface area (Å²) in [5, 5.41) is 3.08. The van der Waals surface area contributed by atoms with Crippen LogP contribution in [0, 0.1) is 11.8 Å². The third-order valence-electron chi connectivity index (χ3n) is 5.26. The second kappa shape index (κ2) is 11.8. The van der Waals surface area contributed by atoms with Gasteiger partial charge in [-0.05, 0) is 50.7 Å². The lowest BCUT2D eigenvalue weighted by Gasteiger charge is -2.47. The van der Waals surface area contributed by atoms with E-state index in [1.54, 1.807) is 6.08 Å². The van der Waals surface area contributed by atoms with Gasteiger partial charge in [-0.2, -0.15) is 0 Å². The van der Waals surface area contributed by atoms with E-state index in [1.807, 2.05) is 13.8 Å². The molecule has 156 valence electrons. The molecule has 0 saturated heterocycles. The van der Waals surface area contributed by atoms with Crippen LogP contribution >= 0.6 is 7.60 Å².